The van der Waals surface area contributed by atoms with Crippen LogP contribution < -0.4 is 10.6 Å². The van der Waals surface area contributed by atoms with Crippen LogP contribution in [0.25, 0.3) is 27.4 Å². The van der Waals surface area contributed by atoms with Crippen LogP contribution in [0.1, 0.15) is 72.7 Å². The van der Waals surface area contributed by atoms with E-state index in [-0.39, 0.29) is 48.9 Å². The summed E-state index contributed by atoms with van der Waals surface area (Å²) < 4.78 is 4.59. The molecule has 4 aliphatic rings. The minimum Gasteiger partial charge on any atom is -0.394 e. The predicted octanol–water partition coefficient (Wildman–Crippen LogP) is 4.58. The average Bonchev–Trinajstić information content (AvgIpc) is 3.58. The highest BCUT2D eigenvalue weighted by molar-refractivity contribution is 6.00. The van der Waals surface area contributed by atoms with E-state index in [2.05, 4.69) is 114 Å². The van der Waals surface area contributed by atoms with Crippen LogP contribution in [0, 0.1) is 25.7 Å². The maximum atomic E-state index is 12.8. The summed E-state index contributed by atoms with van der Waals surface area (Å²) >= 11 is 0. The lowest BCUT2D eigenvalue weighted by molar-refractivity contribution is -0.128. The molecule has 10 nitrogen and oxygen atoms in total. The first kappa shape index (κ1) is 38.3. The van der Waals surface area contributed by atoms with Crippen LogP contribution in [-0.4, -0.2) is 106 Å². The molecule has 1 unspecified atom stereocenters. The minimum atomic E-state index is -0.191. The molecule has 2 amide bonds. The van der Waals surface area contributed by atoms with E-state index in [4.69, 9.17) is 0 Å². The Labute approximate surface area is 320 Å². The van der Waals surface area contributed by atoms with E-state index >= 15 is 0 Å². The molecule has 7 atom stereocenters. The van der Waals surface area contributed by atoms with Gasteiger partial charge in [-0.2, -0.15) is 0 Å². The number of benzene rings is 2. The number of carbonyl (C=O) groups excluding carboxylic acids is 2. The summed E-state index contributed by atoms with van der Waals surface area (Å²) in [5, 5.41) is 27.6. The van der Waals surface area contributed by atoms with Crippen molar-refractivity contribution in [1.82, 2.24) is 29.6 Å². The summed E-state index contributed by atoms with van der Waals surface area (Å²) in [4.78, 5) is 30.3. The lowest BCUT2D eigenvalue weighted by Crippen LogP contribution is -2.52. The Morgan fingerprint density at radius 1 is 0.778 bits per heavy atom. The highest BCUT2D eigenvalue weighted by Crippen LogP contribution is 2.46. The number of likely N-dealkylation sites (N-methyl/N-ethyl adjacent to an activating group) is 2. The number of hydrogen-bond acceptors (Lipinski definition) is 6. The number of amides is 2. The van der Waals surface area contributed by atoms with Crippen LogP contribution in [0.5, 0.6) is 0 Å². The number of nitrogens with one attached hydrogen (secondary N) is 2. The number of fused-ring (bicyclic) bond motifs is 4. The Morgan fingerprint density at radius 3 is 2.00 bits per heavy atom. The van der Waals surface area contributed by atoms with E-state index in [1.54, 1.807) is 0 Å². The summed E-state index contributed by atoms with van der Waals surface area (Å²) in [6, 6.07) is 13.6. The van der Waals surface area contributed by atoms with Crippen LogP contribution >= 0.6 is 0 Å². The smallest absolute Gasteiger partial charge is 0.228 e. The Bertz CT molecular complexity index is 2090. The van der Waals surface area contributed by atoms with Gasteiger partial charge in [-0.05, 0) is 100 Å². The monoisotopic (exact) mass is 736 g/mol. The first-order valence-corrected chi connectivity index (χ1v) is 20.0. The lowest BCUT2D eigenvalue weighted by atomic mass is 9.72. The molecule has 0 bridgehead atoms. The molecule has 1 saturated heterocycles. The highest BCUT2D eigenvalue weighted by atomic mass is 16.3. The van der Waals surface area contributed by atoms with Gasteiger partial charge in [-0.15, -0.1) is 0 Å². The van der Waals surface area contributed by atoms with Gasteiger partial charge in [-0.25, -0.2) is 0 Å². The van der Waals surface area contributed by atoms with E-state index in [1.807, 2.05) is 13.8 Å². The number of aliphatic hydroxyl groups excluding tert-OH is 2. The molecule has 4 N–H and O–H groups in total. The van der Waals surface area contributed by atoms with E-state index in [0.717, 1.165) is 38.6 Å². The van der Waals surface area contributed by atoms with Gasteiger partial charge in [0.2, 0.25) is 11.8 Å². The average molecular weight is 737 g/mol. The number of carbonyl (C=O) groups is 2. The first-order chi connectivity index (χ1) is 25.9. The normalized spacial score (nSPS) is 24.6. The van der Waals surface area contributed by atoms with Crippen LogP contribution in [0.2, 0.25) is 0 Å². The molecule has 54 heavy (non-hydrogen) atoms. The molecule has 10 heteroatoms. The summed E-state index contributed by atoms with van der Waals surface area (Å²) in [6.07, 6.45) is 6.59. The number of aryl methyl sites for hydroxylation is 2. The topological polar surface area (TPSA) is 115 Å². The summed E-state index contributed by atoms with van der Waals surface area (Å²) in [6.45, 7) is 9.86. The number of aliphatic hydroxyl groups is 2. The van der Waals surface area contributed by atoms with Gasteiger partial charge in [-0.1, -0.05) is 44.2 Å². The highest BCUT2D eigenvalue weighted by Gasteiger charge is 2.42. The fourth-order valence-corrected chi connectivity index (χ4v) is 9.96. The number of piperidine rings is 1. The van der Waals surface area contributed by atoms with Crippen molar-refractivity contribution in [3.8, 4) is 0 Å². The van der Waals surface area contributed by atoms with Crippen molar-refractivity contribution >= 4 is 39.2 Å². The van der Waals surface area contributed by atoms with Gasteiger partial charge in [0.15, 0.2) is 0 Å². The molecule has 8 rings (SSSR count). The van der Waals surface area contributed by atoms with Crippen LogP contribution in [0.15, 0.2) is 42.5 Å². The zero-order chi connectivity index (χ0) is 38.6. The molecule has 4 aromatic rings. The molecule has 2 aliphatic carbocycles. The number of hydrogen-bond donors (Lipinski definition) is 4. The molecule has 0 radical (unpaired) electrons. The Balaban J connectivity index is 0.000000167. The van der Waals surface area contributed by atoms with E-state index < -0.39 is 0 Å². The second-order valence-corrected chi connectivity index (χ2v) is 16.4. The molecule has 2 aromatic heterocycles. The third kappa shape index (κ3) is 6.48. The van der Waals surface area contributed by atoms with Gasteiger partial charge < -0.3 is 34.9 Å². The standard InChI is InChI=1S/C22H31N3O2.C22H29N3O2/c2*1-5-15(12-26)23-22(27)14-9-18-16-7-6-8-19-21(16)17(13(2)25(19)4)10-20(18)24(3)11-14/h6-8,14-15,18,20,26H,5,9-12H2,1-4H3,(H,23,27);6-9,14-15,20,26H,5,10-12H2,1-4H3,(H,23,27)/t14-,15+,18?,20-;14-,15+,20-/m11/s1. The van der Waals surface area contributed by atoms with Gasteiger partial charge in [0.25, 0.3) is 0 Å². The van der Waals surface area contributed by atoms with Gasteiger partial charge in [0.05, 0.1) is 37.1 Å². The van der Waals surface area contributed by atoms with Crippen LogP contribution in [0.3, 0.4) is 0 Å². The van der Waals surface area contributed by atoms with Crippen LogP contribution in [0.4, 0.5) is 0 Å². The Hall–Kier alpha value is -3.96. The van der Waals surface area contributed by atoms with Crippen molar-refractivity contribution in [3.05, 3.63) is 76.1 Å². The maximum absolute atomic E-state index is 12.8. The number of rotatable bonds is 8. The molecular formula is C44H60N6O4. The van der Waals surface area contributed by atoms with Crippen molar-refractivity contribution in [1.29, 1.82) is 0 Å². The molecule has 2 aromatic carbocycles. The Kier molecular flexibility index (Phi) is 10.8. The molecule has 2 aliphatic heterocycles. The zero-order valence-electron chi connectivity index (χ0n) is 33.4. The van der Waals surface area contributed by atoms with Crippen molar-refractivity contribution in [2.24, 2.45) is 25.9 Å². The summed E-state index contributed by atoms with van der Waals surface area (Å²) in [7, 11) is 8.56. The fourth-order valence-electron chi connectivity index (χ4n) is 9.96. The minimum absolute atomic E-state index is 0.00279. The SMILES string of the molecule is CC[C@@H](CO)NC(=O)[C@@H]1C=C2c3cccc4c3c(c(C)n4C)C[C@H]2N(C)C1.CC[C@@H](CO)NC(=O)[C@@H]1CC2c3cccc4c3c(c(C)n4C)C[C@H]2N(C)C1. The molecule has 4 heterocycles. The molecular weight excluding hydrogens is 677 g/mol. The summed E-state index contributed by atoms with van der Waals surface area (Å²) in [5.41, 5.74) is 12.1. The number of likely N-dealkylation sites (tertiary alicyclic amines) is 1. The third-order valence-electron chi connectivity index (χ3n) is 13.5. The first-order valence-electron chi connectivity index (χ1n) is 20.0. The second-order valence-electron chi connectivity index (χ2n) is 16.4. The van der Waals surface area contributed by atoms with Crippen molar-refractivity contribution in [2.75, 3.05) is 40.4 Å². The molecule has 1 fully saturated rings. The van der Waals surface area contributed by atoms with Crippen LogP contribution in [-0.2, 0) is 36.5 Å². The number of aromatic nitrogens is 2. The molecule has 290 valence electrons. The largest absolute Gasteiger partial charge is 0.394 e. The predicted molar refractivity (Wildman–Crippen MR) is 216 cm³/mol. The fraction of sp³-hybridized carbons (Fsp3) is 0.545. The van der Waals surface area contributed by atoms with E-state index in [9.17, 15) is 19.8 Å². The third-order valence-corrected chi connectivity index (χ3v) is 13.5. The van der Waals surface area contributed by atoms with Crippen molar-refractivity contribution < 1.29 is 19.8 Å². The molecule has 0 saturated carbocycles. The van der Waals surface area contributed by atoms with E-state index in [1.165, 1.54) is 61.0 Å². The number of nitrogens with zero attached hydrogens (tertiary/aromatic N) is 4. The zero-order valence-corrected chi connectivity index (χ0v) is 33.4. The Morgan fingerprint density at radius 2 is 1.37 bits per heavy atom. The second kappa shape index (κ2) is 15.3. The van der Waals surface area contributed by atoms with Gasteiger partial charge in [-0.3, -0.25) is 14.5 Å². The summed E-state index contributed by atoms with van der Waals surface area (Å²) in [5.74, 6) is 0.257. The van der Waals surface area contributed by atoms with Crippen molar-refractivity contribution in [3.63, 3.8) is 0 Å². The van der Waals surface area contributed by atoms with Gasteiger partial charge >= 0.3 is 0 Å². The lowest BCUT2D eigenvalue weighted by Gasteiger charge is -2.45. The molecule has 0 spiro atoms. The van der Waals surface area contributed by atoms with Gasteiger partial charge in [0.1, 0.15) is 0 Å². The van der Waals surface area contributed by atoms with Gasteiger partial charge in [0, 0.05) is 78.4 Å². The quantitative estimate of drug-likeness (QED) is 0.211. The maximum Gasteiger partial charge on any atom is 0.228 e. The van der Waals surface area contributed by atoms with E-state index in [0.29, 0.717) is 24.5 Å². The van der Waals surface area contributed by atoms with Crippen molar-refractivity contribution in [2.45, 2.75) is 89.9 Å².